The Balaban J connectivity index is 1.92. The number of H-pyrrole nitrogens is 1. The molecule has 6 nitrogen and oxygen atoms in total. The van der Waals surface area contributed by atoms with E-state index in [-0.39, 0.29) is 0 Å². The number of aromatic nitrogens is 3. The second-order valence-electron chi connectivity index (χ2n) is 5.84. The summed E-state index contributed by atoms with van der Waals surface area (Å²) in [6.45, 7) is 4.87. The molecule has 122 valence electrons. The van der Waals surface area contributed by atoms with Gasteiger partial charge in [-0.05, 0) is 43.5 Å². The molecule has 0 fully saturated rings. The van der Waals surface area contributed by atoms with Crippen molar-refractivity contribution in [3.63, 3.8) is 0 Å². The first-order valence-electron chi connectivity index (χ1n) is 7.49. The van der Waals surface area contributed by atoms with Crippen LogP contribution in [0.15, 0.2) is 24.4 Å². The van der Waals surface area contributed by atoms with Crippen LogP contribution in [0.2, 0.25) is 0 Å². The minimum Gasteiger partial charge on any atom is -0.341 e. The summed E-state index contributed by atoms with van der Waals surface area (Å²) in [4.78, 5) is 12.1. The molecule has 3 heterocycles. The SMILES string of the molecule is Cc1nc(-c2cc(C3=CCCN(S(C)(=O)=O)C3)ccn2)[nH]c1C. The van der Waals surface area contributed by atoms with Crippen molar-refractivity contribution in [2.24, 2.45) is 0 Å². The molecule has 0 saturated heterocycles. The maximum absolute atomic E-state index is 11.8. The van der Waals surface area contributed by atoms with Crippen LogP contribution in [0.5, 0.6) is 0 Å². The van der Waals surface area contributed by atoms with E-state index in [1.54, 1.807) is 6.20 Å². The maximum Gasteiger partial charge on any atom is 0.211 e. The number of nitrogens with one attached hydrogen (secondary N) is 1. The molecule has 2 aromatic rings. The van der Waals surface area contributed by atoms with Gasteiger partial charge in [-0.15, -0.1) is 0 Å². The molecule has 0 saturated carbocycles. The summed E-state index contributed by atoms with van der Waals surface area (Å²) in [5.41, 5.74) is 4.72. The van der Waals surface area contributed by atoms with Gasteiger partial charge in [0.05, 0.1) is 11.9 Å². The van der Waals surface area contributed by atoms with E-state index in [0.29, 0.717) is 13.1 Å². The van der Waals surface area contributed by atoms with Crippen molar-refractivity contribution in [2.75, 3.05) is 19.3 Å². The molecule has 0 bridgehead atoms. The van der Waals surface area contributed by atoms with Crippen LogP contribution in [0.25, 0.3) is 17.1 Å². The zero-order valence-corrected chi connectivity index (χ0v) is 14.3. The molecule has 0 radical (unpaired) electrons. The Labute approximate surface area is 136 Å². The average Bonchev–Trinajstić information content (AvgIpc) is 2.86. The zero-order chi connectivity index (χ0) is 16.6. The van der Waals surface area contributed by atoms with Crippen molar-refractivity contribution in [2.45, 2.75) is 20.3 Å². The minimum atomic E-state index is -3.17. The molecule has 1 aliphatic rings. The number of hydrogen-bond acceptors (Lipinski definition) is 4. The summed E-state index contributed by atoms with van der Waals surface area (Å²) in [5.74, 6) is 0.734. The summed E-state index contributed by atoms with van der Waals surface area (Å²) < 4.78 is 25.0. The van der Waals surface area contributed by atoms with Crippen LogP contribution in [0.1, 0.15) is 23.4 Å². The topological polar surface area (TPSA) is 79.0 Å². The lowest BCUT2D eigenvalue weighted by molar-refractivity contribution is 0.448. The molecule has 0 spiro atoms. The third kappa shape index (κ3) is 3.35. The Hall–Kier alpha value is -1.99. The van der Waals surface area contributed by atoms with Crippen molar-refractivity contribution in [3.05, 3.63) is 41.4 Å². The van der Waals surface area contributed by atoms with Crippen LogP contribution in [0.3, 0.4) is 0 Å². The fourth-order valence-electron chi connectivity index (χ4n) is 2.64. The smallest absolute Gasteiger partial charge is 0.211 e. The Bertz CT molecular complexity index is 848. The van der Waals surface area contributed by atoms with Gasteiger partial charge < -0.3 is 4.98 Å². The molecule has 1 N–H and O–H groups in total. The van der Waals surface area contributed by atoms with Crippen LogP contribution in [-0.2, 0) is 10.0 Å². The Kier molecular flexibility index (Phi) is 4.08. The highest BCUT2D eigenvalue weighted by Gasteiger charge is 2.21. The van der Waals surface area contributed by atoms with E-state index in [9.17, 15) is 8.42 Å². The fourth-order valence-corrected chi connectivity index (χ4v) is 3.45. The lowest BCUT2D eigenvalue weighted by Crippen LogP contribution is -2.34. The van der Waals surface area contributed by atoms with E-state index < -0.39 is 10.0 Å². The number of aromatic amines is 1. The number of rotatable bonds is 3. The number of sulfonamides is 1. The van der Waals surface area contributed by atoms with Crippen molar-refractivity contribution >= 4 is 15.6 Å². The van der Waals surface area contributed by atoms with E-state index in [2.05, 4.69) is 21.0 Å². The maximum atomic E-state index is 11.8. The predicted octanol–water partition coefficient (Wildman–Crippen LogP) is 2.14. The van der Waals surface area contributed by atoms with Gasteiger partial charge in [0.25, 0.3) is 0 Å². The van der Waals surface area contributed by atoms with Crippen LogP contribution in [0, 0.1) is 13.8 Å². The van der Waals surface area contributed by atoms with Gasteiger partial charge in [-0.25, -0.2) is 13.4 Å². The van der Waals surface area contributed by atoms with Crippen LogP contribution in [-0.4, -0.2) is 47.0 Å². The highest BCUT2D eigenvalue weighted by Crippen LogP contribution is 2.25. The summed E-state index contributed by atoms with van der Waals surface area (Å²) >= 11 is 0. The first-order chi connectivity index (χ1) is 10.8. The van der Waals surface area contributed by atoms with Gasteiger partial charge in [0, 0.05) is 25.0 Å². The molecule has 0 amide bonds. The molecular weight excluding hydrogens is 312 g/mol. The van der Waals surface area contributed by atoms with Crippen molar-refractivity contribution in [1.82, 2.24) is 19.3 Å². The third-order valence-electron chi connectivity index (χ3n) is 4.09. The van der Waals surface area contributed by atoms with E-state index >= 15 is 0 Å². The summed E-state index contributed by atoms with van der Waals surface area (Å²) in [5, 5.41) is 0. The largest absolute Gasteiger partial charge is 0.341 e. The van der Waals surface area contributed by atoms with Gasteiger partial charge in [0.1, 0.15) is 5.69 Å². The molecule has 0 aromatic carbocycles. The fraction of sp³-hybridized carbons (Fsp3) is 0.375. The van der Waals surface area contributed by atoms with E-state index in [0.717, 1.165) is 40.5 Å². The molecule has 1 aliphatic heterocycles. The Morgan fingerprint density at radius 2 is 2.09 bits per heavy atom. The molecule has 0 unspecified atom stereocenters. The lowest BCUT2D eigenvalue weighted by atomic mass is 10.0. The molecule has 23 heavy (non-hydrogen) atoms. The standard InChI is InChI=1S/C16H20N4O2S/c1-11-12(2)19-16(18-11)15-9-13(6-7-17-15)14-5-4-8-20(10-14)23(3,21)22/h5-7,9H,4,8,10H2,1-3H3,(H,18,19). The Morgan fingerprint density at radius 1 is 1.30 bits per heavy atom. The van der Waals surface area contributed by atoms with Crippen LogP contribution >= 0.6 is 0 Å². The number of aryl methyl sites for hydroxylation is 2. The normalized spacial score (nSPS) is 16.4. The zero-order valence-electron chi connectivity index (χ0n) is 13.5. The average molecular weight is 332 g/mol. The van der Waals surface area contributed by atoms with E-state index in [1.165, 1.54) is 10.6 Å². The van der Waals surface area contributed by atoms with Gasteiger partial charge in [0.15, 0.2) is 5.82 Å². The molecule has 7 heteroatoms. The molecule has 0 aliphatic carbocycles. The highest BCUT2D eigenvalue weighted by molar-refractivity contribution is 7.88. The van der Waals surface area contributed by atoms with Crippen LogP contribution < -0.4 is 0 Å². The predicted molar refractivity (Wildman–Crippen MR) is 90.3 cm³/mol. The first kappa shape index (κ1) is 15.9. The van der Waals surface area contributed by atoms with E-state index in [1.807, 2.05) is 26.0 Å². The van der Waals surface area contributed by atoms with Gasteiger partial charge >= 0.3 is 0 Å². The third-order valence-corrected chi connectivity index (χ3v) is 5.34. The highest BCUT2D eigenvalue weighted by atomic mass is 32.2. The molecule has 3 rings (SSSR count). The van der Waals surface area contributed by atoms with Gasteiger partial charge in [0.2, 0.25) is 10.0 Å². The Morgan fingerprint density at radius 3 is 2.74 bits per heavy atom. The van der Waals surface area contributed by atoms with Crippen molar-refractivity contribution in [3.8, 4) is 11.5 Å². The van der Waals surface area contributed by atoms with Crippen LogP contribution in [0.4, 0.5) is 0 Å². The summed E-state index contributed by atoms with van der Waals surface area (Å²) in [6.07, 6.45) is 5.80. The summed E-state index contributed by atoms with van der Waals surface area (Å²) in [7, 11) is -3.17. The molecule has 2 aromatic heterocycles. The number of imidazole rings is 1. The quantitative estimate of drug-likeness (QED) is 0.934. The molecule has 0 atom stereocenters. The number of hydrogen-bond donors (Lipinski definition) is 1. The van der Waals surface area contributed by atoms with Gasteiger partial charge in [-0.2, -0.15) is 4.31 Å². The van der Waals surface area contributed by atoms with E-state index in [4.69, 9.17) is 0 Å². The first-order valence-corrected chi connectivity index (χ1v) is 9.33. The summed E-state index contributed by atoms with van der Waals surface area (Å²) in [6, 6.07) is 3.86. The monoisotopic (exact) mass is 332 g/mol. The van der Waals surface area contributed by atoms with Gasteiger partial charge in [-0.3, -0.25) is 4.98 Å². The second kappa shape index (κ2) is 5.90. The lowest BCUT2D eigenvalue weighted by Gasteiger charge is -2.25. The minimum absolute atomic E-state index is 0.401. The van der Waals surface area contributed by atoms with Crippen molar-refractivity contribution < 1.29 is 8.42 Å². The second-order valence-corrected chi connectivity index (χ2v) is 7.82. The number of pyridine rings is 1. The molecular formula is C16H20N4O2S. The number of nitrogens with zero attached hydrogens (tertiary/aromatic N) is 3. The van der Waals surface area contributed by atoms with Crippen molar-refractivity contribution in [1.29, 1.82) is 0 Å². The van der Waals surface area contributed by atoms with Gasteiger partial charge in [-0.1, -0.05) is 6.08 Å².